The zero-order chi connectivity index (χ0) is 15.8. The molecule has 0 aliphatic heterocycles. The summed E-state index contributed by atoms with van der Waals surface area (Å²) in [6.07, 6.45) is 0.306. The molecule has 1 aromatic carbocycles. The second-order valence-corrected chi connectivity index (χ2v) is 5.41. The normalized spacial score (nSPS) is 10.5. The second kappa shape index (κ2) is 8.42. The van der Waals surface area contributed by atoms with Gasteiger partial charge < -0.3 is 15.1 Å². The smallest absolute Gasteiger partial charge is 0.223 e. The van der Waals surface area contributed by atoms with Crippen molar-refractivity contribution < 1.29 is 9.59 Å². The zero-order valence-corrected chi connectivity index (χ0v) is 13.3. The minimum atomic E-state index is -0.0540. The van der Waals surface area contributed by atoms with Gasteiger partial charge in [-0.3, -0.25) is 9.59 Å². The van der Waals surface area contributed by atoms with Crippen LogP contribution in [0.1, 0.15) is 18.9 Å². The van der Waals surface area contributed by atoms with Crippen LogP contribution in [0.4, 0.5) is 5.69 Å². The summed E-state index contributed by atoms with van der Waals surface area (Å²) in [5.74, 6) is -0.0857. The summed E-state index contributed by atoms with van der Waals surface area (Å²) in [7, 11) is 3.92. The Bertz CT molecular complexity index is 486. The number of likely N-dealkylation sites (N-methyl/N-ethyl adjacent to an activating group) is 1. The summed E-state index contributed by atoms with van der Waals surface area (Å²) in [4.78, 5) is 27.2. The Morgan fingerprint density at radius 2 is 1.90 bits per heavy atom. The third-order valence-corrected chi connectivity index (χ3v) is 3.14. The molecule has 1 N–H and O–H groups in total. The van der Waals surface area contributed by atoms with E-state index in [0.717, 1.165) is 17.8 Å². The Kier molecular flexibility index (Phi) is 6.88. The van der Waals surface area contributed by atoms with Crippen LogP contribution in [-0.2, 0) is 9.59 Å². The Morgan fingerprint density at radius 1 is 1.19 bits per heavy atom. The fourth-order valence-corrected chi connectivity index (χ4v) is 1.98. The van der Waals surface area contributed by atoms with Gasteiger partial charge in [-0.05, 0) is 38.7 Å². The molecule has 1 rings (SSSR count). The molecule has 0 unspecified atom stereocenters. The van der Waals surface area contributed by atoms with Crippen LogP contribution in [0.2, 0.25) is 0 Å². The predicted molar refractivity (Wildman–Crippen MR) is 85.4 cm³/mol. The molecule has 2 amide bonds. The fourth-order valence-electron chi connectivity index (χ4n) is 1.98. The number of hydrogen-bond donors (Lipinski definition) is 1. The summed E-state index contributed by atoms with van der Waals surface area (Å²) in [5, 5.41) is 2.85. The first-order valence-electron chi connectivity index (χ1n) is 7.16. The molecular weight excluding hydrogens is 266 g/mol. The van der Waals surface area contributed by atoms with E-state index in [0.29, 0.717) is 19.5 Å². The maximum absolute atomic E-state index is 11.8. The number of nitrogens with zero attached hydrogens (tertiary/aromatic N) is 2. The lowest BCUT2D eigenvalue weighted by atomic mass is 10.2. The highest BCUT2D eigenvalue weighted by atomic mass is 16.2. The van der Waals surface area contributed by atoms with Crippen molar-refractivity contribution in [1.82, 2.24) is 10.2 Å². The van der Waals surface area contributed by atoms with Gasteiger partial charge in [0.25, 0.3) is 0 Å². The number of anilines is 1. The number of hydrogen-bond acceptors (Lipinski definition) is 3. The lowest BCUT2D eigenvalue weighted by Crippen LogP contribution is -2.36. The number of carbonyl (C=O) groups excluding carboxylic acids is 2. The summed E-state index contributed by atoms with van der Waals surface area (Å²) >= 11 is 0. The first-order valence-corrected chi connectivity index (χ1v) is 7.16. The van der Waals surface area contributed by atoms with Crippen molar-refractivity contribution in [1.29, 1.82) is 0 Å². The van der Waals surface area contributed by atoms with Gasteiger partial charge in [0.15, 0.2) is 0 Å². The van der Waals surface area contributed by atoms with E-state index in [1.165, 1.54) is 6.92 Å². The van der Waals surface area contributed by atoms with Crippen LogP contribution >= 0.6 is 0 Å². The number of carbonyl (C=O) groups is 2. The van der Waals surface area contributed by atoms with E-state index in [2.05, 4.69) is 5.32 Å². The molecule has 0 atom stereocenters. The molecule has 0 spiro atoms. The van der Waals surface area contributed by atoms with Crippen LogP contribution in [0.5, 0.6) is 0 Å². The van der Waals surface area contributed by atoms with Crippen LogP contribution in [0.3, 0.4) is 0 Å². The SMILES string of the molecule is CC(=O)N(CCC(=O)NCCN(C)C)c1cccc(C)c1. The van der Waals surface area contributed by atoms with Gasteiger partial charge in [0.1, 0.15) is 0 Å². The summed E-state index contributed by atoms with van der Waals surface area (Å²) in [5.41, 5.74) is 1.93. The third-order valence-electron chi connectivity index (χ3n) is 3.14. The van der Waals surface area contributed by atoms with E-state index in [1.807, 2.05) is 50.2 Å². The maximum Gasteiger partial charge on any atom is 0.223 e. The summed E-state index contributed by atoms with van der Waals surface area (Å²) < 4.78 is 0. The van der Waals surface area contributed by atoms with Crippen molar-refractivity contribution in [2.45, 2.75) is 20.3 Å². The summed E-state index contributed by atoms with van der Waals surface area (Å²) in [6, 6.07) is 7.73. The number of nitrogens with one attached hydrogen (secondary N) is 1. The average molecular weight is 291 g/mol. The predicted octanol–water partition coefficient (Wildman–Crippen LogP) is 1.42. The van der Waals surface area contributed by atoms with E-state index in [9.17, 15) is 9.59 Å². The molecule has 0 aliphatic carbocycles. The Morgan fingerprint density at radius 3 is 2.48 bits per heavy atom. The molecule has 5 nitrogen and oxygen atoms in total. The molecule has 0 heterocycles. The highest BCUT2D eigenvalue weighted by molar-refractivity contribution is 5.92. The van der Waals surface area contributed by atoms with Gasteiger partial charge in [-0.25, -0.2) is 0 Å². The van der Waals surface area contributed by atoms with Gasteiger partial charge in [0.2, 0.25) is 11.8 Å². The van der Waals surface area contributed by atoms with Gasteiger partial charge in [-0.15, -0.1) is 0 Å². The van der Waals surface area contributed by atoms with E-state index >= 15 is 0 Å². The number of amides is 2. The molecule has 5 heteroatoms. The van der Waals surface area contributed by atoms with E-state index in [-0.39, 0.29) is 11.8 Å². The lowest BCUT2D eigenvalue weighted by Gasteiger charge is -2.21. The van der Waals surface area contributed by atoms with Crippen LogP contribution in [0.25, 0.3) is 0 Å². The Labute approximate surface area is 126 Å². The molecule has 0 bridgehead atoms. The molecule has 1 aromatic rings. The van der Waals surface area contributed by atoms with Crippen LogP contribution < -0.4 is 10.2 Å². The average Bonchev–Trinajstić information content (AvgIpc) is 2.38. The van der Waals surface area contributed by atoms with Gasteiger partial charge >= 0.3 is 0 Å². The van der Waals surface area contributed by atoms with Gasteiger partial charge in [-0.2, -0.15) is 0 Å². The molecule has 0 saturated heterocycles. The van der Waals surface area contributed by atoms with Crippen molar-refractivity contribution in [2.24, 2.45) is 0 Å². The van der Waals surface area contributed by atoms with Crippen LogP contribution in [-0.4, -0.2) is 50.4 Å². The van der Waals surface area contributed by atoms with E-state index < -0.39 is 0 Å². The monoisotopic (exact) mass is 291 g/mol. The number of rotatable bonds is 7. The van der Waals surface area contributed by atoms with Crippen molar-refractivity contribution in [3.05, 3.63) is 29.8 Å². The largest absolute Gasteiger partial charge is 0.355 e. The third kappa shape index (κ3) is 6.40. The van der Waals surface area contributed by atoms with Crippen molar-refractivity contribution in [2.75, 3.05) is 38.6 Å². The van der Waals surface area contributed by atoms with Gasteiger partial charge in [0.05, 0.1) is 0 Å². The zero-order valence-electron chi connectivity index (χ0n) is 13.3. The molecule has 0 fully saturated rings. The number of benzene rings is 1. The van der Waals surface area contributed by atoms with Crippen LogP contribution in [0.15, 0.2) is 24.3 Å². The molecule has 0 aliphatic rings. The van der Waals surface area contributed by atoms with Gasteiger partial charge in [-0.1, -0.05) is 12.1 Å². The number of aryl methyl sites for hydroxylation is 1. The highest BCUT2D eigenvalue weighted by Crippen LogP contribution is 2.16. The quantitative estimate of drug-likeness (QED) is 0.826. The Balaban J connectivity index is 2.52. The first-order chi connectivity index (χ1) is 9.90. The fraction of sp³-hybridized carbons (Fsp3) is 0.500. The van der Waals surface area contributed by atoms with Gasteiger partial charge in [0, 0.05) is 38.7 Å². The van der Waals surface area contributed by atoms with E-state index in [1.54, 1.807) is 4.90 Å². The van der Waals surface area contributed by atoms with Crippen molar-refractivity contribution in [3.8, 4) is 0 Å². The highest BCUT2D eigenvalue weighted by Gasteiger charge is 2.13. The first kappa shape index (κ1) is 17.2. The molecule has 21 heavy (non-hydrogen) atoms. The standard InChI is InChI=1S/C16H25N3O2/c1-13-6-5-7-15(12-13)19(14(2)20)10-8-16(21)17-9-11-18(3)4/h5-7,12H,8-11H2,1-4H3,(H,17,21). The summed E-state index contributed by atoms with van der Waals surface area (Å²) in [6.45, 7) is 5.32. The van der Waals surface area contributed by atoms with Crippen molar-refractivity contribution in [3.63, 3.8) is 0 Å². The van der Waals surface area contributed by atoms with Crippen molar-refractivity contribution >= 4 is 17.5 Å². The minimum Gasteiger partial charge on any atom is -0.355 e. The second-order valence-electron chi connectivity index (χ2n) is 5.41. The molecule has 116 valence electrons. The maximum atomic E-state index is 11.8. The van der Waals surface area contributed by atoms with E-state index in [4.69, 9.17) is 0 Å². The minimum absolute atomic E-state index is 0.0317. The molecule has 0 aromatic heterocycles. The Hall–Kier alpha value is -1.88. The molecule has 0 radical (unpaired) electrons. The topological polar surface area (TPSA) is 52.7 Å². The van der Waals surface area contributed by atoms with Crippen LogP contribution in [0, 0.1) is 6.92 Å². The molecule has 0 saturated carbocycles. The molecular formula is C16H25N3O2. The lowest BCUT2D eigenvalue weighted by molar-refractivity contribution is -0.121.